The van der Waals surface area contributed by atoms with Crippen LogP contribution in [0.5, 0.6) is 0 Å². The molecule has 2 N–H and O–H groups in total. The summed E-state index contributed by atoms with van der Waals surface area (Å²) in [6.07, 6.45) is 8.16. The first-order valence-electron chi connectivity index (χ1n) is 9.73. The Balaban J connectivity index is 1.27. The molecule has 4 nitrogen and oxygen atoms in total. The number of carbonyl (C=O) groups is 2. The van der Waals surface area contributed by atoms with Crippen molar-refractivity contribution >= 4 is 17.5 Å². The van der Waals surface area contributed by atoms with Gasteiger partial charge in [-0.1, -0.05) is 6.07 Å². The molecule has 0 spiro atoms. The van der Waals surface area contributed by atoms with Gasteiger partial charge in [0.2, 0.25) is 11.8 Å². The van der Waals surface area contributed by atoms with Gasteiger partial charge in [0, 0.05) is 12.1 Å². The van der Waals surface area contributed by atoms with Crippen molar-refractivity contribution in [2.24, 2.45) is 23.2 Å². The number of rotatable bonds is 5. The lowest BCUT2D eigenvalue weighted by Gasteiger charge is -2.56. The van der Waals surface area contributed by atoms with Gasteiger partial charge in [-0.25, -0.2) is 4.39 Å². The van der Waals surface area contributed by atoms with Crippen LogP contribution >= 0.6 is 0 Å². The highest BCUT2D eigenvalue weighted by Gasteiger charge is 2.51. The molecule has 1 aromatic rings. The van der Waals surface area contributed by atoms with E-state index in [-0.39, 0.29) is 29.6 Å². The summed E-state index contributed by atoms with van der Waals surface area (Å²) in [4.78, 5) is 24.5. The van der Waals surface area contributed by atoms with Crippen molar-refractivity contribution in [2.45, 2.75) is 51.9 Å². The number of benzene rings is 1. The van der Waals surface area contributed by atoms with Gasteiger partial charge in [0.1, 0.15) is 5.82 Å². The molecule has 5 rings (SSSR count). The summed E-state index contributed by atoms with van der Waals surface area (Å²) in [5, 5.41) is 5.39. The van der Waals surface area contributed by atoms with Gasteiger partial charge in [0.05, 0.1) is 6.54 Å². The van der Waals surface area contributed by atoms with Crippen LogP contribution in [-0.2, 0) is 9.59 Å². The number of anilines is 1. The van der Waals surface area contributed by atoms with Gasteiger partial charge in [-0.3, -0.25) is 9.59 Å². The molecule has 0 aromatic heterocycles. The number of hydrogen-bond donors (Lipinski definition) is 2. The molecule has 140 valence electrons. The zero-order valence-corrected chi connectivity index (χ0v) is 15.3. The summed E-state index contributed by atoms with van der Waals surface area (Å²) in [5.41, 5.74) is 1.12. The van der Waals surface area contributed by atoms with Crippen LogP contribution in [0.25, 0.3) is 0 Å². The Morgan fingerprint density at radius 1 is 1.08 bits per heavy atom. The molecular weight excluding hydrogens is 331 g/mol. The third-order valence-electron chi connectivity index (χ3n) is 6.60. The summed E-state index contributed by atoms with van der Waals surface area (Å²) in [5.74, 6) is 1.73. The van der Waals surface area contributed by atoms with E-state index in [0.717, 1.165) is 17.8 Å². The molecule has 0 atom stereocenters. The molecule has 1 aromatic carbocycles. The Morgan fingerprint density at radius 3 is 2.27 bits per heavy atom. The first kappa shape index (κ1) is 17.5. The molecule has 0 aliphatic heterocycles. The number of aryl methyl sites for hydroxylation is 1. The fraction of sp³-hybridized carbons (Fsp3) is 0.619. The van der Waals surface area contributed by atoms with Crippen LogP contribution in [0.2, 0.25) is 0 Å². The molecular formula is C21H27FN2O2. The van der Waals surface area contributed by atoms with Crippen molar-refractivity contribution in [2.75, 3.05) is 11.9 Å². The van der Waals surface area contributed by atoms with E-state index in [0.29, 0.717) is 17.7 Å². The summed E-state index contributed by atoms with van der Waals surface area (Å²) < 4.78 is 13.5. The highest BCUT2D eigenvalue weighted by Crippen LogP contribution is 2.61. The minimum Gasteiger partial charge on any atom is -0.347 e. The number of amides is 2. The fourth-order valence-electron chi connectivity index (χ4n) is 5.96. The van der Waals surface area contributed by atoms with Crippen molar-refractivity contribution in [1.29, 1.82) is 0 Å². The zero-order valence-electron chi connectivity index (χ0n) is 15.3. The van der Waals surface area contributed by atoms with E-state index in [1.54, 1.807) is 19.1 Å². The first-order chi connectivity index (χ1) is 12.4. The van der Waals surface area contributed by atoms with Crippen molar-refractivity contribution < 1.29 is 14.0 Å². The number of nitrogens with one attached hydrogen (secondary N) is 2. The van der Waals surface area contributed by atoms with E-state index >= 15 is 0 Å². The lowest BCUT2D eigenvalue weighted by molar-refractivity contribution is -0.131. The Morgan fingerprint density at radius 2 is 1.69 bits per heavy atom. The summed E-state index contributed by atoms with van der Waals surface area (Å²) in [6.45, 7) is 1.60. The van der Waals surface area contributed by atoms with Gasteiger partial charge in [-0.05, 0) is 86.3 Å². The second-order valence-corrected chi connectivity index (χ2v) is 8.88. The summed E-state index contributed by atoms with van der Waals surface area (Å²) >= 11 is 0. The number of carbonyl (C=O) groups excluding carboxylic acids is 2. The largest absolute Gasteiger partial charge is 0.347 e. The standard InChI is InChI=1S/C21H27FN2O2/c1-13-2-3-17(7-18(13)22)24-20(26)12-23-19(25)11-21-8-14-4-15(9-21)6-16(5-14)10-21/h2-3,7,14-16H,4-6,8-12H2,1H3,(H,23,25)(H,24,26). The number of halogens is 1. The molecule has 0 radical (unpaired) electrons. The van der Waals surface area contributed by atoms with Crippen molar-refractivity contribution in [3.8, 4) is 0 Å². The highest BCUT2D eigenvalue weighted by molar-refractivity contribution is 5.94. The summed E-state index contributed by atoms with van der Waals surface area (Å²) in [6, 6.07) is 4.58. The van der Waals surface area contributed by atoms with Crippen LogP contribution in [0.15, 0.2) is 18.2 Å². The molecule has 4 bridgehead atoms. The van der Waals surface area contributed by atoms with Gasteiger partial charge >= 0.3 is 0 Å². The van der Waals surface area contributed by atoms with Gasteiger partial charge in [-0.15, -0.1) is 0 Å². The molecule has 4 aliphatic carbocycles. The van der Waals surface area contributed by atoms with Crippen LogP contribution in [0.1, 0.15) is 50.5 Å². The van der Waals surface area contributed by atoms with E-state index < -0.39 is 0 Å². The maximum Gasteiger partial charge on any atom is 0.243 e. The lowest BCUT2D eigenvalue weighted by Crippen LogP contribution is -2.48. The molecule has 5 heteroatoms. The van der Waals surface area contributed by atoms with Gasteiger partial charge in [-0.2, -0.15) is 0 Å². The average Bonchev–Trinajstić information content (AvgIpc) is 2.55. The monoisotopic (exact) mass is 358 g/mol. The highest BCUT2D eigenvalue weighted by atomic mass is 19.1. The van der Waals surface area contributed by atoms with Gasteiger partial charge < -0.3 is 10.6 Å². The zero-order chi connectivity index (χ0) is 18.3. The molecule has 4 fully saturated rings. The molecule has 0 saturated heterocycles. The number of hydrogen-bond acceptors (Lipinski definition) is 2. The third-order valence-corrected chi connectivity index (χ3v) is 6.60. The second kappa shape index (κ2) is 6.67. The Labute approximate surface area is 153 Å². The van der Waals surface area contributed by atoms with E-state index in [4.69, 9.17) is 0 Å². The quantitative estimate of drug-likeness (QED) is 0.841. The normalized spacial score (nSPS) is 31.7. The topological polar surface area (TPSA) is 58.2 Å². The Hall–Kier alpha value is -1.91. The maximum atomic E-state index is 13.5. The van der Waals surface area contributed by atoms with Crippen LogP contribution in [0, 0.1) is 35.9 Å². The first-order valence-corrected chi connectivity index (χ1v) is 9.73. The van der Waals surface area contributed by atoms with Crippen molar-refractivity contribution in [1.82, 2.24) is 5.32 Å². The average molecular weight is 358 g/mol. The SMILES string of the molecule is Cc1ccc(NC(=O)CNC(=O)CC23CC4CC(CC(C4)C2)C3)cc1F. The Kier molecular flexibility index (Phi) is 4.49. The predicted octanol–water partition coefficient (Wildman–Crippen LogP) is 3.80. The van der Waals surface area contributed by atoms with E-state index in [1.165, 1.54) is 44.6 Å². The van der Waals surface area contributed by atoms with Crippen molar-refractivity contribution in [3.05, 3.63) is 29.6 Å². The van der Waals surface area contributed by atoms with E-state index in [1.807, 2.05) is 0 Å². The molecule has 26 heavy (non-hydrogen) atoms. The van der Waals surface area contributed by atoms with Gasteiger partial charge in [0.25, 0.3) is 0 Å². The van der Waals surface area contributed by atoms with Crippen LogP contribution in [-0.4, -0.2) is 18.4 Å². The Bertz CT molecular complexity index is 695. The predicted molar refractivity (Wildman–Crippen MR) is 98.0 cm³/mol. The van der Waals surface area contributed by atoms with Crippen molar-refractivity contribution in [3.63, 3.8) is 0 Å². The molecule has 2 amide bonds. The minimum absolute atomic E-state index is 0.0304. The van der Waals surface area contributed by atoms with Crippen LogP contribution in [0.3, 0.4) is 0 Å². The smallest absolute Gasteiger partial charge is 0.243 e. The maximum absolute atomic E-state index is 13.5. The van der Waals surface area contributed by atoms with Gasteiger partial charge in [0.15, 0.2) is 0 Å². The second-order valence-electron chi connectivity index (χ2n) is 8.88. The third kappa shape index (κ3) is 3.62. The molecule has 4 saturated carbocycles. The van der Waals surface area contributed by atoms with E-state index in [9.17, 15) is 14.0 Å². The fourth-order valence-corrected chi connectivity index (χ4v) is 5.96. The summed E-state index contributed by atoms with van der Waals surface area (Å²) in [7, 11) is 0. The minimum atomic E-state index is -0.353. The van der Waals surface area contributed by atoms with Crippen LogP contribution in [0.4, 0.5) is 10.1 Å². The molecule has 4 aliphatic rings. The molecule has 0 unspecified atom stereocenters. The van der Waals surface area contributed by atoms with Crippen LogP contribution < -0.4 is 10.6 Å². The molecule has 0 heterocycles. The lowest BCUT2D eigenvalue weighted by atomic mass is 9.49. The van der Waals surface area contributed by atoms with E-state index in [2.05, 4.69) is 10.6 Å².